The van der Waals surface area contributed by atoms with Gasteiger partial charge in [-0.05, 0) is 24.1 Å². The van der Waals surface area contributed by atoms with Crippen LogP contribution in [0.3, 0.4) is 0 Å². The summed E-state index contributed by atoms with van der Waals surface area (Å²) in [5.74, 6) is 0.404. The Hall–Kier alpha value is -2.33. The van der Waals surface area contributed by atoms with Crippen molar-refractivity contribution in [3.63, 3.8) is 0 Å². The number of aryl methyl sites for hydroxylation is 1. The van der Waals surface area contributed by atoms with Crippen molar-refractivity contribution in [2.75, 3.05) is 12.4 Å². The molecule has 0 bridgehead atoms. The number of ether oxygens (including phenoxy) is 1. The molecule has 0 aliphatic rings. The number of aliphatic imine (C=N–C) groups is 1. The van der Waals surface area contributed by atoms with Gasteiger partial charge in [0.2, 0.25) is 0 Å². The van der Waals surface area contributed by atoms with Gasteiger partial charge in [-0.1, -0.05) is 42.5 Å². The largest absolute Gasteiger partial charge is 0.380 e. The summed E-state index contributed by atoms with van der Waals surface area (Å²) in [6, 6.07) is 16.1. The maximum atomic E-state index is 5.97. The number of para-hydroxylation sites is 1. The van der Waals surface area contributed by atoms with Gasteiger partial charge in [0.25, 0.3) is 0 Å². The molecule has 0 saturated heterocycles. The molecule has 0 saturated carbocycles. The first-order valence-electron chi connectivity index (χ1n) is 6.89. The van der Waals surface area contributed by atoms with Gasteiger partial charge in [0.15, 0.2) is 5.96 Å². The van der Waals surface area contributed by atoms with E-state index in [9.17, 15) is 0 Å². The molecule has 0 spiro atoms. The van der Waals surface area contributed by atoms with Crippen LogP contribution in [0.15, 0.2) is 53.5 Å². The molecule has 0 aliphatic heterocycles. The van der Waals surface area contributed by atoms with Gasteiger partial charge in [0.05, 0.1) is 13.2 Å². The molecule has 2 aromatic carbocycles. The van der Waals surface area contributed by atoms with E-state index in [1.54, 1.807) is 7.11 Å². The fourth-order valence-electron chi connectivity index (χ4n) is 2.06. The Bertz CT molecular complexity index is 623. The normalized spacial score (nSPS) is 11.4. The smallest absolute Gasteiger partial charge is 0.193 e. The van der Waals surface area contributed by atoms with E-state index in [0.717, 1.165) is 11.3 Å². The lowest BCUT2D eigenvalue weighted by atomic mass is 10.1. The van der Waals surface area contributed by atoms with Crippen molar-refractivity contribution in [1.29, 1.82) is 0 Å². The van der Waals surface area contributed by atoms with Crippen molar-refractivity contribution >= 4 is 11.6 Å². The number of hydrogen-bond acceptors (Lipinski definition) is 2. The molecule has 0 heterocycles. The first-order chi connectivity index (χ1) is 10.2. The molecule has 3 N–H and O–H groups in total. The Morgan fingerprint density at radius 2 is 1.76 bits per heavy atom. The van der Waals surface area contributed by atoms with Gasteiger partial charge in [0, 0.05) is 18.4 Å². The number of anilines is 1. The second kappa shape index (κ2) is 7.45. The molecule has 4 nitrogen and oxygen atoms in total. The summed E-state index contributed by atoms with van der Waals surface area (Å²) < 4.78 is 5.17. The fraction of sp³-hybridized carbons (Fsp3) is 0.235. The minimum absolute atomic E-state index is 0.404. The van der Waals surface area contributed by atoms with Gasteiger partial charge in [0.1, 0.15) is 0 Å². The van der Waals surface area contributed by atoms with Crippen molar-refractivity contribution in [1.82, 2.24) is 0 Å². The quantitative estimate of drug-likeness (QED) is 0.655. The molecule has 0 unspecified atom stereocenters. The molecule has 2 aromatic rings. The van der Waals surface area contributed by atoms with Crippen LogP contribution in [0.25, 0.3) is 0 Å². The first kappa shape index (κ1) is 15.1. The summed E-state index contributed by atoms with van der Waals surface area (Å²) in [6.07, 6.45) is 0. The summed E-state index contributed by atoms with van der Waals surface area (Å²) in [5.41, 5.74) is 10.3. The number of benzene rings is 2. The van der Waals surface area contributed by atoms with Gasteiger partial charge >= 0.3 is 0 Å². The third kappa shape index (κ3) is 4.33. The molecule has 0 atom stereocenters. The standard InChI is InChI=1S/C17H21N3O/c1-13-7-3-4-8-14(13)11-19-17(18)20-16-10-6-5-9-15(16)12-21-2/h3-10H,11-12H2,1-2H3,(H3,18,19,20). The highest BCUT2D eigenvalue weighted by Gasteiger charge is 2.02. The second-order valence-corrected chi connectivity index (χ2v) is 4.84. The van der Waals surface area contributed by atoms with Crippen LogP contribution >= 0.6 is 0 Å². The van der Waals surface area contributed by atoms with E-state index in [1.165, 1.54) is 11.1 Å². The van der Waals surface area contributed by atoms with Crippen molar-refractivity contribution in [3.8, 4) is 0 Å². The van der Waals surface area contributed by atoms with Crippen molar-refractivity contribution < 1.29 is 4.74 Å². The highest BCUT2D eigenvalue weighted by atomic mass is 16.5. The van der Waals surface area contributed by atoms with Crippen LogP contribution in [0.4, 0.5) is 5.69 Å². The van der Waals surface area contributed by atoms with E-state index in [-0.39, 0.29) is 0 Å². The number of nitrogens with one attached hydrogen (secondary N) is 1. The average Bonchev–Trinajstić information content (AvgIpc) is 2.49. The molecular formula is C17H21N3O. The maximum absolute atomic E-state index is 5.97. The van der Waals surface area contributed by atoms with Gasteiger partial charge in [-0.2, -0.15) is 0 Å². The zero-order valence-electron chi connectivity index (χ0n) is 12.5. The van der Waals surface area contributed by atoms with Crippen LogP contribution in [0.1, 0.15) is 16.7 Å². The monoisotopic (exact) mass is 283 g/mol. The first-order valence-corrected chi connectivity index (χ1v) is 6.89. The predicted octanol–water partition coefficient (Wildman–Crippen LogP) is 3.07. The lowest BCUT2D eigenvalue weighted by Crippen LogP contribution is -2.23. The topological polar surface area (TPSA) is 59.6 Å². The van der Waals surface area contributed by atoms with E-state index in [4.69, 9.17) is 10.5 Å². The predicted molar refractivity (Wildman–Crippen MR) is 87.3 cm³/mol. The Kier molecular flexibility index (Phi) is 5.35. The molecule has 110 valence electrons. The zero-order chi connectivity index (χ0) is 15.1. The Morgan fingerprint density at radius 1 is 1.10 bits per heavy atom. The number of nitrogens with zero attached hydrogens (tertiary/aromatic N) is 1. The van der Waals surface area contributed by atoms with Crippen LogP contribution in [-0.2, 0) is 17.9 Å². The molecule has 0 aliphatic carbocycles. The highest BCUT2D eigenvalue weighted by Crippen LogP contribution is 2.15. The summed E-state index contributed by atoms with van der Waals surface area (Å²) in [4.78, 5) is 4.39. The molecule has 0 amide bonds. The third-order valence-corrected chi connectivity index (χ3v) is 3.26. The zero-order valence-corrected chi connectivity index (χ0v) is 12.5. The van der Waals surface area contributed by atoms with E-state index in [0.29, 0.717) is 19.1 Å². The van der Waals surface area contributed by atoms with Gasteiger partial charge < -0.3 is 15.8 Å². The minimum atomic E-state index is 0.404. The Labute approximate surface area is 125 Å². The highest BCUT2D eigenvalue weighted by molar-refractivity contribution is 5.92. The van der Waals surface area contributed by atoms with E-state index in [1.807, 2.05) is 36.4 Å². The van der Waals surface area contributed by atoms with Crippen molar-refractivity contribution in [3.05, 3.63) is 65.2 Å². The Morgan fingerprint density at radius 3 is 2.48 bits per heavy atom. The lowest BCUT2D eigenvalue weighted by Gasteiger charge is -2.11. The molecule has 0 fully saturated rings. The fourth-order valence-corrected chi connectivity index (χ4v) is 2.06. The van der Waals surface area contributed by atoms with Crippen LogP contribution in [-0.4, -0.2) is 13.1 Å². The van der Waals surface area contributed by atoms with Gasteiger partial charge in [-0.3, -0.25) is 0 Å². The minimum Gasteiger partial charge on any atom is -0.380 e. The maximum Gasteiger partial charge on any atom is 0.193 e. The van der Waals surface area contributed by atoms with Crippen LogP contribution in [0, 0.1) is 6.92 Å². The molecule has 21 heavy (non-hydrogen) atoms. The summed E-state index contributed by atoms with van der Waals surface area (Å²) in [7, 11) is 1.67. The van der Waals surface area contributed by atoms with E-state index >= 15 is 0 Å². The molecule has 0 radical (unpaired) electrons. The van der Waals surface area contributed by atoms with Crippen molar-refractivity contribution in [2.45, 2.75) is 20.1 Å². The van der Waals surface area contributed by atoms with Crippen LogP contribution < -0.4 is 11.1 Å². The summed E-state index contributed by atoms with van der Waals surface area (Å²) in [5, 5.41) is 3.13. The van der Waals surface area contributed by atoms with Crippen LogP contribution in [0.2, 0.25) is 0 Å². The SMILES string of the molecule is COCc1ccccc1NC(N)=NCc1ccccc1C. The summed E-state index contributed by atoms with van der Waals surface area (Å²) >= 11 is 0. The number of hydrogen-bond donors (Lipinski definition) is 2. The van der Waals surface area contributed by atoms with Gasteiger partial charge in [-0.15, -0.1) is 0 Å². The second-order valence-electron chi connectivity index (χ2n) is 4.84. The third-order valence-electron chi connectivity index (χ3n) is 3.26. The Balaban J connectivity index is 2.06. The molecule has 2 rings (SSSR count). The van der Waals surface area contributed by atoms with E-state index in [2.05, 4.69) is 29.4 Å². The average molecular weight is 283 g/mol. The number of methoxy groups -OCH3 is 1. The molecular weight excluding hydrogens is 262 g/mol. The van der Waals surface area contributed by atoms with Crippen molar-refractivity contribution in [2.24, 2.45) is 10.7 Å². The van der Waals surface area contributed by atoms with E-state index < -0.39 is 0 Å². The van der Waals surface area contributed by atoms with Gasteiger partial charge in [-0.25, -0.2) is 4.99 Å². The number of rotatable bonds is 5. The summed E-state index contributed by atoms with van der Waals surface area (Å²) in [6.45, 7) is 3.18. The number of guanidine groups is 1. The molecule has 0 aromatic heterocycles. The van der Waals surface area contributed by atoms with Crippen LogP contribution in [0.5, 0.6) is 0 Å². The lowest BCUT2D eigenvalue weighted by molar-refractivity contribution is 0.185. The molecule has 4 heteroatoms. The number of nitrogens with two attached hydrogens (primary N) is 1.